The van der Waals surface area contributed by atoms with Gasteiger partial charge in [-0.3, -0.25) is 9.36 Å². The van der Waals surface area contributed by atoms with Crippen LogP contribution < -0.4 is 5.32 Å². The minimum atomic E-state index is -0.203. The van der Waals surface area contributed by atoms with Crippen LogP contribution in [0, 0.1) is 6.92 Å². The molecule has 3 aromatic heterocycles. The normalized spacial score (nSPS) is 11.5. The molecule has 0 bridgehead atoms. The minimum Gasteiger partial charge on any atom is -0.321 e. The van der Waals surface area contributed by atoms with Gasteiger partial charge in [-0.1, -0.05) is 18.2 Å². The van der Waals surface area contributed by atoms with Gasteiger partial charge in [-0.15, -0.1) is 0 Å². The Morgan fingerprint density at radius 3 is 2.61 bits per heavy atom. The Balaban J connectivity index is 1.44. The van der Waals surface area contributed by atoms with Crippen LogP contribution >= 0.6 is 0 Å². The molecule has 0 fully saturated rings. The summed E-state index contributed by atoms with van der Waals surface area (Å²) in [6, 6.07) is 17.7. The molecule has 0 atom stereocenters. The van der Waals surface area contributed by atoms with E-state index in [1.54, 1.807) is 12.4 Å². The number of para-hydroxylation sites is 1. The van der Waals surface area contributed by atoms with E-state index in [2.05, 4.69) is 38.8 Å². The van der Waals surface area contributed by atoms with Gasteiger partial charge < -0.3 is 5.32 Å². The van der Waals surface area contributed by atoms with Crippen LogP contribution in [0.2, 0.25) is 0 Å². The number of rotatable bonds is 4. The van der Waals surface area contributed by atoms with Crippen molar-refractivity contribution in [3.8, 4) is 5.69 Å². The van der Waals surface area contributed by atoms with E-state index in [9.17, 15) is 4.79 Å². The number of pyridine rings is 1. The molecule has 7 heteroatoms. The van der Waals surface area contributed by atoms with Gasteiger partial charge in [0.2, 0.25) is 0 Å². The number of nitrogens with one attached hydrogen (secondary N) is 1. The van der Waals surface area contributed by atoms with Crippen LogP contribution in [0.25, 0.3) is 27.8 Å². The second-order valence-electron chi connectivity index (χ2n) is 7.81. The molecule has 0 aliphatic heterocycles. The third kappa shape index (κ3) is 3.34. The van der Waals surface area contributed by atoms with Gasteiger partial charge in [0, 0.05) is 22.7 Å². The lowest BCUT2D eigenvalue weighted by atomic mass is 10.1. The standard InChI is InChI=1S/C24H22N6O/c1-15(2)30-23-18(13-26-30)11-19(14-25-23)28-24(31)17-9-10-22-21(12-17)27-16(3)29(22)20-7-5-4-6-8-20/h4-15H,1-3H3,(H,28,31). The number of aromatic nitrogens is 5. The van der Waals surface area contributed by atoms with E-state index < -0.39 is 0 Å². The van der Waals surface area contributed by atoms with Crippen molar-refractivity contribution in [3.63, 3.8) is 0 Å². The Morgan fingerprint density at radius 1 is 1.03 bits per heavy atom. The molecule has 154 valence electrons. The number of hydrogen-bond donors (Lipinski definition) is 1. The third-order valence-electron chi connectivity index (χ3n) is 5.28. The Labute approximate surface area is 179 Å². The lowest BCUT2D eigenvalue weighted by molar-refractivity contribution is 0.102. The number of hydrogen-bond acceptors (Lipinski definition) is 4. The maximum absolute atomic E-state index is 12.9. The van der Waals surface area contributed by atoms with Gasteiger partial charge in [0.05, 0.1) is 29.1 Å². The van der Waals surface area contributed by atoms with E-state index in [-0.39, 0.29) is 11.9 Å². The van der Waals surface area contributed by atoms with Crippen molar-refractivity contribution in [2.75, 3.05) is 5.32 Å². The molecular weight excluding hydrogens is 388 g/mol. The molecule has 3 heterocycles. The van der Waals surface area contributed by atoms with E-state index in [0.29, 0.717) is 11.3 Å². The van der Waals surface area contributed by atoms with Crippen molar-refractivity contribution >= 4 is 33.7 Å². The molecule has 0 unspecified atom stereocenters. The average molecular weight is 410 g/mol. The molecule has 0 spiro atoms. The molecule has 1 amide bonds. The van der Waals surface area contributed by atoms with E-state index >= 15 is 0 Å². The zero-order valence-electron chi connectivity index (χ0n) is 17.6. The van der Waals surface area contributed by atoms with Crippen LogP contribution in [0.3, 0.4) is 0 Å². The molecule has 5 rings (SSSR count). The Hall–Kier alpha value is -4.00. The van der Waals surface area contributed by atoms with Gasteiger partial charge in [-0.2, -0.15) is 5.10 Å². The number of imidazole rings is 1. The van der Waals surface area contributed by atoms with Gasteiger partial charge in [-0.05, 0) is 57.2 Å². The van der Waals surface area contributed by atoms with E-state index in [1.807, 2.05) is 66.2 Å². The van der Waals surface area contributed by atoms with Crippen molar-refractivity contribution < 1.29 is 4.79 Å². The number of carbonyl (C=O) groups excluding carboxylic acids is 1. The van der Waals surface area contributed by atoms with Crippen molar-refractivity contribution in [2.24, 2.45) is 0 Å². The van der Waals surface area contributed by atoms with Crippen LogP contribution in [0.15, 0.2) is 67.0 Å². The predicted molar refractivity (Wildman–Crippen MR) is 122 cm³/mol. The highest BCUT2D eigenvalue weighted by atomic mass is 16.1. The van der Waals surface area contributed by atoms with E-state index in [0.717, 1.165) is 33.6 Å². The number of nitrogens with zero attached hydrogens (tertiary/aromatic N) is 5. The SMILES string of the molecule is Cc1nc2cc(C(=O)Nc3cnc4c(cnn4C(C)C)c3)ccc2n1-c1ccccc1. The monoisotopic (exact) mass is 410 g/mol. The molecule has 0 saturated carbocycles. The third-order valence-corrected chi connectivity index (χ3v) is 5.28. The van der Waals surface area contributed by atoms with Crippen molar-refractivity contribution in [1.82, 2.24) is 24.3 Å². The number of anilines is 1. The Morgan fingerprint density at radius 2 is 1.84 bits per heavy atom. The molecule has 31 heavy (non-hydrogen) atoms. The number of aryl methyl sites for hydroxylation is 1. The fourth-order valence-corrected chi connectivity index (χ4v) is 3.83. The first-order valence-corrected chi connectivity index (χ1v) is 10.2. The molecule has 0 radical (unpaired) electrons. The lowest BCUT2D eigenvalue weighted by Crippen LogP contribution is -2.12. The maximum atomic E-state index is 12.9. The quantitative estimate of drug-likeness (QED) is 0.457. The van der Waals surface area contributed by atoms with Crippen molar-refractivity contribution in [1.29, 1.82) is 0 Å². The summed E-state index contributed by atoms with van der Waals surface area (Å²) in [5.74, 6) is 0.668. The smallest absolute Gasteiger partial charge is 0.255 e. The molecule has 0 aliphatic rings. The first-order chi connectivity index (χ1) is 15.0. The van der Waals surface area contributed by atoms with Gasteiger partial charge in [0.25, 0.3) is 5.91 Å². The number of amides is 1. The van der Waals surface area contributed by atoms with Crippen LogP contribution in [-0.2, 0) is 0 Å². The van der Waals surface area contributed by atoms with Crippen LogP contribution in [-0.4, -0.2) is 30.2 Å². The zero-order valence-corrected chi connectivity index (χ0v) is 17.6. The fourth-order valence-electron chi connectivity index (χ4n) is 3.83. The first kappa shape index (κ1) is 19.0. The minimum absolute atomic E-state index is 0.203. The number of carbonyl (C=O) groups is 1. The summed E-state index contributed by atoms with van der Waals surface area (Å²) in [6.07, 6.45) is 3.43. The molecule has 1 N–H and O–H groups in total. The highest BCUT2D eigenvalue weighted by molar-refractivity contribution is 6.06. The molecule has 0 aliphatic carbocycles. The van der Waals surface area contributed by atoms with Gasteiger partial charge in [0.15, 0.2) is 5.65 Å². The highest BCUT2D eigenvalue weighted by Gasteiger charge is 2.14. The number of fused-ring (bicyclic) bond motifs is 2. The molecule has 0 saturated heterocycles. The summed E-state index contributed by atoms with van der Waals surface area (Å²) in [6.45, 7) is 6.08. The summed E-state index contributed by atoms with van der Waals surface area (Å²) in [7, 11) is 0. The largest absolute Gasteiger partial charge is 0.321 e. The molecular formula is C24H22N6O. The van der Waals surface area contributed by atoms with E-state index in [1.165, 1.54) is 0 Å². The van der Waals surface area contributed by atoms with Crippen LogP contribution in [0.4, 0.5) is 5.69 Å². The fraction of sp³-hybridized carbons (Fsp3) is 0.167. The summed E-state index contributed by atoms with van der Waals surface area (Å²) >= 11 is 0. The summed E-state index contributed by atoms with van der Waals surface area (Å²) in [5, 5.41) is 8.20. The Bertz CT molecular complexity index is 1410. The van der Waals surface area contributed by atoms with Gasteiger partial charge in [0.1, 0.15) is 5.82 Å². The van der Waals surface area contributed by atoms with Gasteiger partial charge >= 0.3 is 0 Å². The summed E-state index contributed by atoms with van der Waals surface area (Å²) in [4.78, 5) is 22.0. The molecule has 2 aromatic carbocycles. The Kier molecular flexibility index (Phi) is 4.51. The van der Waals surface area contributed by atoms with Crippen molar-refractivity contribution in [3.05, 3.63) is 78.4 Å². The molecule has 5 aromatic rings. The second kappa shape index (κ2) is 7.36. The van der Waals surface area contributed by atoms with Crippen LogP contribution in [0.5, 0.6) is 0 Å². The number of benzene rings is 2. The zero-order chi connectivity index (χ0) is 21.5. The van der Waals surface area contributed by atoms with Gasteiger partial charge in [-0.25, -0.2) is 14.6 Å². The summed E-state index contributed by atoms with van der Waals surface area (Å²) in [5.41, 5.74) is 4.76. The van der Waals surface area contributed by atoms with E-state index in [4.69, 9.17) is 0 Å². The first-order valence-electron chi connectivity index (χ1n) is 10.2. The highest BCUT2D eigenvalue weighted by Crippen LogP contribution is 2.23. The predicted octanol–water partition coefficient (Wildman–Crippen LogP) is 4.91. The lowest BCUT2D eigenvalue weighted by Gasteiger charge is -2.08. The molecule has 7 nitrogen and oxygen atoms in total. The summed E-state index contributed by atoms with van der Waals surface area (Å²) < 4.78 is 3.95. The maximum Gasteiger partial charge on any atom is 0.255 e. The second-order valence-corrected chi connectivity index (χ2v) is 7.81. The van der Waals surface area contributed by atoms with Crippen molar-refractivity contribution in [2.45, 2.75) is 26.8 Å². The topological polar surface area (TPSA) is 77.6 Å². The average Bonchev–Trinajstić information content (AvgIpc) is 3.33. The van der Waals surface area contributed by atoms with Crippen LogP contribution in [0.1, 0.15) is 36.1 Å².